The Morgan fingerprint density at radius 1 is 0.636 bits per heavy atom. The largest absolute Gasteiger partial charge is 0.359 e. The van der Waals surface area contributed by atoms with E-state index in [1.807, 2.05) is 0 Å². The van der Waals surface area contributed by atoms with E-state index in [4.69, 9.17) is 9.47 Å². The van der Waals surface area contributed by atoms with Crippen molar-refractivity contribution in [1.82, 2.24) is 0 Å². The standard InChI is InChI=1S/C20H38O2/c1-3-4-5-6-7-8-9-10-11-12-13-14-15-16-17-18-19-22-20-21-2/h6-7,16-17H,3-5,8-15,18-20H2,1-2H3/b7-6-,17-16-. The maximum Gasteiger partial charge on any atom is 0.146 e. The first-order chi connectivity index (χ1) is 10.9. The van der Waals surface area contributed by atoms with Gasteiger partial charge in [-0.15, -0.1) is 0 Å². The molecular formula is C20H38O2. The molecule has 0 heterocycles. The van der Waals surface area contributed by atoms with Gasteiger partial charge in [-0.2, -0.15) is 0 Å². The molecule has 0 aromatic heterocycles. The summed E-state index contributed by atoms with van der Waals surface area (Å²) in [5.74, 6) is 0. The lowest BCUT2D eigenvalue weighted by molar-refractivity contribution is -0.0285. The van der Waals surface area contributed by atoms with E-state index < -0.39 is 0 Å². The predicted octanol–water partition coefficient (Wildman–Crippen LogP) is 6.42. The minimum absolute atomic E-state index is 0.405. The van der Waals surface area contributed by atoms with Gasteiger partial charge in [0.1, 0.15) is 6.79 Å². The Kier molecular flexibility index (Phi) is 19.8. The molecule has 0 saturated heterocycles. The summed E-state index contributed by atoms with van der Waals surface area (Å²) in [5.41, 5.74) is 0. The highest BCUT2D eigenvalue weighted by atomic mass is 16.7. The average Bonchev–Trinajstić information content (AvgIpc) is 2.54. The summed E-state index contributed by atoms with van der Waals surface area (Å²) in [4.78, 5) is 0. The second kappa shape index (κ2) is 20.4. The molecule has 0 amide bonds. The number of allylic oxidation sites excluding steroid dienone is 3. The summed E-state index contributed by atoms with van der Waals surface area (Å²) in [7, 11) is 1.65. The van der Waals surface area contributed by atoms with Gasteiger partial charge in [0.25, 0.3) is 0 Å². The van der Waals surface area contributed by atoms with E-state index in [1.54, 1.807) is 7.11 Å². The first-order valence-corrected chi connectivity index (χ1v) is 9.28. The van der Waals surface area contributed by atoms with Crippen LogP contribution in [0.15, 0.2) is 24.3 Å². The Bertz CT molecular complexity index is 246. The van der Waals surface area contributed by atoms with Gasteiger partial charge in [-0.1, -0.05) is 69.8 Å². The summed E-state index contributed by atoms with van der Waals surface area (Å²) in [5, 5.41) is 0. The highest BCUT2D eigenvalue weighted by Gasteiger charge is 1.90. The third-order valence-electron chi connectivity index (χ3n) is 3.68. The van der Waals surface area contributed by atoms with Gasteiger partial charge in [-0.3, -0.25) is 0 Å². The van der Waals surface area contributed by atoms with Gasteiger partial charge in [0.15, 0.2) is 0 Å². The van der Waals surface area contributed by atoms with Crippen molar-refractivity contribution in [1.29, 1.82) is 0 Å². The van der Waals surface area contributed by atoms with E-state index in [1.165, 1.54) is 70.6 Å². The van der Waals surface area contributed by atoms with E-state index in [0.717, 1.165) is 13.0 Å². The first-order valence-electron chi connectivity index (χ1n) is 9.28. The lowest BCUT2D eigenvalue weighted by Crippen LogP contribution is -1.96. The zero-order valence-electron chi connectivity index (χ0n) is 15.0. The fraction of sp³-hybridized carbons (Fsp3) is 0.800. The van der Waals surface area contributed by atoms with Gasteiger partial charge in [0.2, 0.25) is 0 Å². The quantitative estimate of drug-likeness (QED) is 0.175. The minimum atomic E-state index is 0.405. The van der Waals surface area contributed by atoms with Crippen molar-refractivity contribution in [3.8, 4) is 0 Å². The van der Waals surface area contributed by atoms with E-state index in [2.05, 4.69) is 31.2 Å². The van der Waals surface area contributed by atoms with Crippen LogP contribution >= 0.6 is 0 Å². The van der Waals surface area contributed by atoms with Crippen LogP contribution in [0.25, 0.3) is 0 Å². The van der Waals surface area contributed by atoms with Crippen LogP contribution in [0.3, 0.4) is 0 Å². The molecule has 0 bridgehead atoms. The summed E-state index contributed by atoms with van der Waals surface area (Å²) in [6, 6.07) is 0. The van der Waals surface area contributed by atoms with Gasteiger partial charge in [0.05, 0.1) is 6.61 Å². The fourth-order valence-electron chi connectivity index (χ4n) is 2.32. The van der Waals surface area contributed by atoms with E-state index in [0.29, 0.717) is 6.79 Å². The Balaban J connectivity index is 3.08. The van der Waals surface area contributed by atoms with Crippen molar-refractivity contribution in [2.45, 2.75) is 84.0 Å². The molecule has 0 fully saturated rings. The number of rotatable bonds is 17. The molecular weight excluding hydrogens is 272 g/mol. The molecule has 0 radical (unpaired) electrons. The highest BCUT2D eigenvalue weighted by molar-refractivity contribution is 4.81. The molecule has 22 heavy (non-hydrogen) atoms. The number of methoxy groups -OCH3 is 1. The first kappa shape index (κ1) is 21.4. The van der Waals surface area contributed by atoms with Crippen molar-refractivity contribution < 1.29 is 9.47 Å². The van der Waals surface area contributed by atoms with Crippen LogP contribution in [-0.4, -0.2) is 20.5 Å². The second-order valence-electron chi connectivity index (χ2n) is 5.89. The third-order valence-corrected chi connectivity index (χ3v) is 3.68. The number of unbranched alkanes of at least 4 members (excludes halogenated alkanes) is 9. The zero-order valence-corrected chi connectivity index (χ0v) is 15.0. The van der Waals surface area contributed by atoms with Crippen LogP contribution in [0.5, 0.6) is 0 Å². The Morgan fingerprint density at radius 2 is 1.14 bits per heavy atom. The van der Waals surface area contributed by atoms with Crippen molar-refractivity contribution >= 4 is 0 Å². The van der Waals surface area contributed by atoms with Crippen LogP contribution in [0.2, 0.25) is 0 Å². The zero-order chi connectivity index (χ0) is 16.1. The van der Waals surface area contributed by atoms with Crippen LogP contribution in [-0.2, 0) is 9.47 Å². The Morgan fingerprint density at radius 3 is 1.68 bits per heavy atom. The summed E-state index contributed by atoms with van der Waals surface area (Å²) in [6.07, 6.45) is 24.9. The van der Waals surface area contributed by atoms with E-state index in [-0.39, 0.29) is 0 Å². The molecule has 2 nitrogen and oxygen atoms in total. The second-order valence-corrected chi connectivity index (χ2v) is 5.89. The van der Waals surface area contributed by atoms with Gasteiger partial charge in [-0.25, -0.2) is 0 Å². The molecule has 0 unspecified atom stereocenters. The van der Waals surface area contributed by atoms with Gasteiger partial charge in [-0.05, 0) is 38.5 Å². The molecule has 0 aliphatic rings. The van der Waals surface area contributed by atoms with Gasteiger partial charge < -0.3 is 9.47 Å². The molecule has 2 heteroatoms. The van der Waals surface area contributed by atoms with Gasteiger partial charge in [0, 0.05) is 7.11 Å². The molecule has 0 aliphatic carbocycles. The third kappa shape index (κ3) is 19.4. The van der Waals surface area contributed by atoms with Crippen molar-refractivity contribution in [3.05, 3.63) is 24.3 Å². The maximum absolute atomic E-state index is 5.22. The SMILES string of the molecule is CCCC/C=C\CCCCCCCC/C=C\CCOCOC. The predicted molar refractivity (Wildman–Crippen MR) is 97.2 cm³/mol. The molecule has 0 aromatic carbocycles. The van der Waals surface area contributed by atoms with Crippen molar-refractivity contribution in [2.75, 3.05) is 20.5 Å². The summed E-state index contributed by atoms with van der Waals surface area (Å²) >= 11 is 0. The molecule has 0 aliphatic heterocycles. The van der Waals surface area contributed by atoms with E-state index in [9.17, 15) is 0 Å². The molecule has 0 spiro atoms. The van der Waals surface area contributed by atoms with E-state index >= 15 is 0 Å². The van der Waals surface area contributed by atoms with Crippen molar-refractivity contribution in [2.24, 2.45) is 0 Å². The average molecular weight is 311 g/mol. The smallest absolute Gasteiger partial charge is 0.146 e. The van der Waals surface area contributed by atoms with Crippen LogP contribution in [0.4, 0.5) is 0 Å². The monoisotopic (exact) mass is 310 g/mol. The molecule has 0 N–H and O–H groups in total. The minimum Gasteiger partial charge on any atom is -0.359 e. The summed E-state index contributed by atoms with van der Waals surface area (Å²) < 4.78 is 10.0. The maximum atomic E-state index is 5.22. The van der Waals surface area contributed by atoms with Crippen LogP contribution in [0, 0.1) is 0 Å². The Hall–Kier alpha value is -0.600. The fourth-order valence-corrected chi connectivity index (χ4v) is 2.32. The highest BCUT2D eigenvalue weighted by Crippen LogP contribution is 2.09. The van der Waals surface area contributed by atoms with Crippen molar-refractivity contribution in [3.63, 3.8) is 0 Å². The Labute approximate surface area is 139 Å². The van der Waals surface area contributed by atoms with Gasteiger partial charge >= 0.3 is 0 Å². The lowest BCUT2D eigenvalue weighted by Gasteiger charge is -2.00. The molecule has 130 valence electrons. The molecule has 0 aromatic rings. The van der Waals surface area contributed by atoms with Crippen LogP contribution in [0.1, 0.15) is 84.0 Å². The molecule has 0 atom stereocenters. The lowest BCUT2D eigenvalue weighted by atomic mass is 10.1. The molecule has 0 rings (SSSR count). The normalized spacial score (nSPS) is 11.9. The topological polar surface area (TPSA) is 18.5 Å². The molecule has 0 saturated carbocycles. The van der Waals surface area contributed by atoms with Crippen LogP contribution < -0.4 is 0 Å². The summed E-state index contributed by atoms with van der Waals surface area (Å²) in [6.45, 7) is 3.42. The number of ether oxygens (including phenoxy) is 2. The number of hydrogen-bond acceptors (Lipinski definition) is 2. The number of hydrogen-bond donors (Lipinski definition) is 0.